The van der Waals surface area contributed by atoms with Gasteiger partial charge in [-0.1, -0.05) is 6.92 Å². The van der Waals surface area contributed by atoms with Gasteiger partial charge in [-0.2, -0.15) is 0 Å². The van der Waals surface area contributed by atoms with Crippen LogP contribution in [0.2, 0.25) is 0 Å². The molecule has 9 heteroatoms. The molecule has 8 atom stereocenters. The van der Waals surface area contributed by atoms with Gasteiger partial charge in [-0.15, -0.1) is 23.5 Å². The largest absolute Gasteiger partial charge is 0.478 e. The number of fused-ring (bicyclic) bond motifs is 1. The summed E-state index contributed by atoms with van der Waals surface area (Å²) in [6, 6.07) is 0.320. The van der Waals surface area contributed by atoms with Crippen molar-refractivity contribution in [2.45, 2.75) is 43.0 Å². The van der Waals surface area contributed by atoms with Gasteiger partial charge in [0, 0.05) is 42.6 Å². The van der Waals surface area contributed by atoms with Crippen LogP contribution in [-0.2, 0) is 9.59 Å². The fourth-order valence-corrected chi connectivity index (χ4v) is 8.63. The fraction of sp³-hybridized carbons (Fsp3) is 0.800. The third kappa shape index (κ3) is 3.68. The average molecular weight is 443 g/mol. The minimum absolute atomic E-state index is 0.0146. The van der Waals surface area contributed by atoms with Crippen LogP contribution < -0.4 is 5.32 Å². The standard InChI is InChI=1S/C20H30N2O5S2/c1-9-13-14(10(2)24)17(25)15(13)16(20(26)27)18(9)29-11-7-12(21-8-11)19-22(3-5-23)4-6-28-19/h9-15,19,21,23-24H,3-8H2,1-2H3,(H,26,27). The van der Waals surface area contributed by atoms with Gasteiger partial charge >= 0.3 is 5.97 Å². The third-order valence-electron chi connectivity index (χ3n) is 6.93. The molecule has 162 valence electrons. The zero-order valence-electron chi connectivity index (χ0n) is 16.8. The number of ketones is 1. The second kappa shape index (κ2) is 8.51. The molecule has 0 aromatic rings. The number of aliphatic hydroxyl groups is 2. The molecule has 0 aromatic heterocycles. The molecule has 3 fully saturated rings. The molecule has 8 unspecified atom stereocenters. The average Bonchev–Trinajstić information content (AvgIpc) is 3.34. The van der Waals surface area contributed by atoms with Gasteiger partial charge in [-0.3, -0.25) is 9.69 Å². The number of nitrogens with zero attached hydrogens (tertiary/aromatic N) is 1. The van der Waals surface area contributed by atoms with E-state index in [1.165, 1.54) is 0 Å². The summed E-state index contributed by atoms with van der Waals surface area (Å²) in [4.78, 5) is 27.7. The predicted molar refractivity (Wildman–Crippen MR) is 114 cm³/mol. The lowest BCUT2D eigenvalue weighted by Crippen LogP contribution is -2.53. The molecule has 2 aliphatic carbocycles. The van der Waals surface area contributed by atoms with Crippen molar-refractivity contribution in [1.82, 2.24) is 10.2 Å². The summed E-state index contributed by atoms with van der Waals surface area (Å²) in [5.41, 5.74) is 0.273. The highest BCUT2D eigenvalue weighted by Gasteiger charge is 2.61. The zero-order valence-corrected chi connectivity index (χ0v) is 18.4. The van der Waals surface area contributed by atoms with Crippen LogP contribution in [0.4, 0.5) is 0 Å². The summed E-state index contributed by atoms with van der Waals surface area (Å²) < 4.78 is 0. The van der Waals surface area contributed by atoms with E-state index >= 15 is 0 Å². The number of carbonyl (C=O) groups is 2. The Balaban J connectivity index is 1.46. The molecule has 2 aliphatic heterocycles. The van der Waals surface area contributed by atoms with Crippen LogP contribution in [0.15, 0.2) is 10.5 Å². The van der Waals surface area contributed by atoms with Crippen molar-refractivity contribution in [3.8, 4) is 0 Å². The maximum atomic E-state index is 12.5. The van der Waals surface area contributed by atoms with Gasteiger partial charge in [-0.25, -0.2) is 4.79 Å². The molecule has 4 aliphatic rings. The summed E-state index contributed by atoms with van der Waals surface area (Å²) in [5.74, 6) is -1.15. The normalized spacial score (nSPS) is 41.0. The van der Waals surface area contributed by atoms with E-state index in [4.69, 9.17) is 0 Å². The van der Waals surface area contributed by atoms with Gasteiger partial charge < -0.3 is 20.6 Å². The number of carboxylic acid groups (broad SMARTS) is 1. The molecule has 2 heterocycles. The van der Waals surface area contributed by atoms with Gasteiger partial charge in [0.15, 0.2) is 0 Å². The van der Waals surface area contributed by atoms with Crippen LogP contribution in [0.25, 0.3) is 0 Å². The molecule has 29 heavy (non-hydrogen) atoms. The number of aliphatic carboxylic acids is 1. The van der Waals surface area contributed by atoms with E-state index in [2.05, 4.69) is 10.2 Å². The lowest BCUT2D eigenvalue weighted by molar-refractivity contribution is -0.151. The molecule has 7 nitrogen and oxygen atoms in total. The highest BCUT2D eigenvalue weighted by atomic mass is 32.2. The van der Waals surface area contributed by atoms with E-state index in [-0.39, 0.29) is 35.0 Å². The number of β-amino-alcohol motifs (C(OH)–C–C–N with tert-alkyl or cyclic N) is 1. The smallest absolute Gasteiger partial charge is 0.333 e. The minimum atomic E-state index is -0.993. The molecule has 4 N–H and O–H groups in total. The molecule has 1 saturated carbocycles. The number of rotatable bonds is 7. The SMILES string of the molecule is CC(O)C1C(=O)C2C(C(=O)O)=C(SC3CNC(C4SCCN4CCO)C3)C(C)C21. The number of allylic oxidation sites excluding steroid dienone is 1. The number of aliphatic hydroxyl groups excluding tert-OH is 2. The minimum Gasteiger partial charge on any atom is -0.478 e. The molecule has 0 spiro atoms. The first-order valence-electron chi connectivity index (χ1n) is 10.4. The number of carbonyl (C=O) groups excluding carboxylic acids is 1. The van der Waals surface area contributed by atoms with E-state index < -0.39 is 23.9 Å². The Labute approximate surface area is 179 Å². The van der Waals surface area contributed by atoms with E-state index in [0.29, 0.717) is 18.0 Å². The highest BCUT2D eigenvalue weighted by molar-refractivity contribution is 8.03. The Morgan fingerprint density at radius 1 is 1.45 bits per heavy atom. The van der Waals surface area contributed by atoms with E-state index in [0.717, 1.165) is 30.2 Å². The molecule has 0 bridgehead atoms. The van der Waals surface area contributed by atoms with Crippen molar-refractivity contribution < 1.29 is 24.9 Å². The maximum absolute atomic E-state index is 12.5. The van der Waals surface area contributed by atoms with Crippen molar-refractivity contribution in [2.24, 2.45) is 23.7 Å². The van der Waals surface area contributed by atoms with Gasteiger partial charge in [0.25, 0.3) is 0 Å². The van der Waals surface area contributed by atoms with Crippen molar-refractivity contribution in [3.05, 3.63) is 10.5 Å². The Morgan fingerprint density at radius 3 is 2.86 bits per heavy atom. The summed E-state index contributed by atoms with van der Waals surface area (Å²) in [7, 11) is 0. The second-order valence-electron chi connectivity index (χ2n) is 8.61. The summed E-state index contributed by atoms with van der Waals surface area (Å²) >= 11 is 3.54. The molecular weight excluding hydrogens is 412 g/mol. The van der Waals surface area contributed by atoms with E-state index in [9.17, 15) is 24.9 Å². The molecule has 0 radical (unpaired) electrons. The molecule has 0 aromatic carbocycles. The molecule has 0 amide bonds. The van der Waals surface area contributed by atoms with Gasteiger partial charge in [0.1, 0.15) is 5.78 Å². The number of hydrogen-bond acceptors (Lipinski definition) is 8. The van der Waals surface area contributed by atoms with Crippen molar-refractivity contribution >= 4 is 35.3 Å². The van der Waals surface area contributed by atoms with Crippen LogP contribution in [0.3, 0.4) is 0 Å². The number of nitrogens with one attached hydrogen (secondary N) is 1. The first kappa shape index (κ1) is 21.6. The first-order chi connectivity index (χ1) is 13.8. The third-order valence-corrected chi connectivity index (χ3v) is 9.85. The van der Waals surface area contributed by atoms with Crippen LogP contribution >= 0.6 is 23.5 Å². The molecular formula is C20H30N2O5S2. The van der Waals surface area contributed by atoms with E-state index in [1.807, 2.05) is 18.7 Å². The number of thioether (sulfide) groups is 2. The lowest BCUT2D eigenvalue weighted by atomic mass is 9.59. The van der Waals surface area contributed by atoms with Gasteiger partial charge in [-0.05, 0) is 30.1 Å². The van der Waals surface area contributed by atoms with Crippen LogP contribution in [0, 0.1) is 23.7 Å². The Bertz CT molecular complexity index is 715. The van der Waals surface area contributed by atoms with Gasteiger partial charge in [0.05, 0.1) is 29.6 Å². The monoisotopic (exact) mass is 442 g/mol. The fourth-order valence-electron chi connectivity index (χ4n) is 5.63. The Hall–Kier alpha value is -0.580. The summed E-state index contributed by atoms with van der Waals surface area (Å²) in [5, 5.41) is 33.3. The second-order valence-corrected chi connectivity index (χ2v) is 11.2. The highest BCUT2D eigenvalue weighted by Crippen LogP contribution is 2.59. The van der Waals surface area contributed by atoms with E-state index in [1.54, 1.807) is 18.7 Å². The predicted octanol–water partition coefficient (Wildman–Crippen LogP) is 0.618. The van der Waals surface area contributed by atoms with Crippen LogP contribution in [0.1, 0.15) is 20.3 Å². The first-order valence-corrected chi connectivity index (χ1v) is 12.3. The zero-order chi connectivity index (χ0) is 20.9. The molecule has 2 saturated heterocycles. The number of carboxylic acids is 1. The van der Waals surface area contributed by atoms with Crippen molar-refractivity contribution in [3.63, 3.8) is 0 Å². The number of Topliss-reactive ketones (excluding diaryl/α,β-unsaturated/α-hetero) is 1. The van der Waals surface area contributed by atoms with Crippen LogP contribution in [-0.4, -0.2) is 86.7 Å². The molecule has 4 rings (SSSR count). The topological polar surface area (TPSA) is 110 Å². The summed E-state index contributed by atoms with van der Waals surface area (Å²) in [6.07, 6.45) is 0.205. The van der Waals surface area contributed by atoms with Crippen molar-refractivity contribution in [2.75, 3.05) is 32.0 Å². The van der Waals surface area contributed by atoms with Crippen molar-refractivity contribution in [1.29, 1.82) is 0 Å². The van der Waals surface area contributed by atoms with Crippen LogP contribution in [0.5, 0.6) is 0 Å². The quantitative estimate of drug-likeness (QED) is 0.451. The Morgan fingerprint density at radius 2 is 2.21 bits per heavy atom. The lowest BCUT2D eigenvalue weighted by Gasteiger charge is -2.43. The van der Waals surface area contributed by atoms with Gasteiger partial charge in [0.2, 0.25) is 0 Å². The Kier molecular flexibility index (Phi) is 6.35. The maximum Gasteiger partial charge on any atom is 0.333 e. The summed E-state index contributed by atoms with van der Waals surface area (Å²) in [6.45, 7) is 6.28. The number of hydrogen-bond donors (Lipinski definition) is 4.